The Morgan fingerprint density at radius 3 is 2.45 bits per heavy atom. The van der Waals surface area contributed by atoms with E-state index in [1.165, 1.54) is 19.5 Å². The van der Waals surface area contributed by atoms with Crippen molar-refractivity contribution in [2.75, 3.05) is 26.3 Å². The molecule has 1 spiro atoms. The Bertz CT molecular complexity index is 347. The van der Waals surface area contributed by atoms with Gasteiger partial charge in [-0.05, 0) is 30.7 Å². The summed E-state index contributed by atoms with van der Waals surface area (Å²) in [5.74, 6) is 0.457. The maximum Gasteiger partial charge on any atom is 0.170 e. The molecule has 0 aromatic heterocycles. The lowest BCUT2D eigenvalue weighted by Gasteiger charge is -2.43. The fourth-order valence-corrected chi connectivity index (χ4v) is 4.11. The maximum atomic E-state index is 6.41. The second kappa shape index (κ2) is 5.24. The van der Waals surface area contributed by atoms with Crippen molar-refractivity contribution in [2.45, 2.75) is 64.3 Å². The van der Waals surface area contributed by atoms with Gasteiger partial charge in [-0.2, -0.15) is 0 Å². The van der Waals surface area contributed by atoms with Crippen LogP contribution in [0.3, 0.4) is 0 Å². The first-order chi connectivity index (χ1) is 9.40. The molecule has 2 heterocycles. The van der Waals surface area contributed by atoms with E-state index in [2.05, 4.69) is 25.7 Å². The molecule has 2 aliphatic heterocycles. The summed E-state index contributed by atoms with van der Waals surface area (Å²) >= 11 is 0. The lowest BCUT2D eigenvalue weighted by molar-refractivity contribution is -0.191. The van der Waals surface area contributed by atoms with E-state index in [4.69, 9.17) is 15.2 Å². The highest BCUT2D eigenvalue weighted by atomic mass is 16.7. The first-order valence-electron chi connectivity index (χ1n) is 8.17. The van der Waals surface area contributed by atoms with E-state index < -0.39 is 0 Å². The SMILES string of the molecule is CC(C)(C)C1CCN(C2CC3(CCC2N)OCCO3)C1. The van der Waals surface area contributed by atoms with Gasteiger partial charge in [0.25, 0.3) is 0 Å². The van der Waals surface area contributed by atoms with E-state index >= 15 is 0 Å². The molecule has 3 fully saturated rings. The van der Waals surface area contributed by atoms with Gasteiger partial charge >= 0.3 is 0 Å². The van der Waals surface area contributed by atoms with E-state index in [1.54, 1.807) is 0 Å². The van der Waals surface area contributed by atoms with Gasteiger partial charge in [0, 0.05) is 31.5 Å². The molecule has 0 aromatic carbocycles. The van der Waals surface area contributed by atoms with E-state index in [9.17, 15) is 0 Å². The van der Waals surface area contributed by atoms with Crippen LogP contribution >= 0.6 is 0 Å². The summed E-state index contributed by atoms with van der Waals surface area (Å²) < 4.78 is 11.8. The maximum absolute atomic E-state index is 6.41. The van der Waals surface area contributed by atoms with Crippen molar-refractivity contribution in [3.8, 4) is 0 Å². The summed E-state index contributed by atoms with van der Waals surface area (Å²) in [5.41, 5.74) is 6.81. The van der Waals surface area contributed by atoms with Crippen molar-refractivity contribution in [3.05, 3.63) is 0 Å². The normalized spacial score (nSPS) is 38.7. The molecule has 0 amide bonds. The van der Waals surface area contributed by atoms with Gasteiger partial charge in [0.1, 0.15) is 0 Å². The van der Waals surface area contributed by atoms with Crippen molar-refractivity contribution in [1.82, 2.24) is 4.90 Å². The molecule has 1 aliphatic carbocycles. The van der Waals surface area contributed by atoms with Crippen LogP contribution in [0.1, 0.15) is 46.5 Å². The molecule has 0 radical (unpaired) electrons. The minimum atomic E-state index is -0.319. The molecule has 2 N–H and O–H groups in total. The Labute approximate surface area is 123 Å². The molecular weight excluding hydrogens is 252 g/mol. The molecule has 0 aromatic rings. The first kappa shape index (κ1) is 14.8. The molecule has 20 heavy (non-hydrogen) atoms. The highest BCUT2D eigenvalue weighted by Gasteiger charge is 2.47. The van der Waals surface area contributed by atoms with Gasteiger partial charge in [-0.1, -0.05) is 20.8 Å². The average Bonchev–Trinajstić information content (AvgIpc) is 3.02. The van der Waals surface area contributed by atoms with Gasteiger partial charge in [-0.25, -0.2) is 0 Å². The van der Waals surface area contributed by atoms with Crippen LogP contribution in [0.25, 0.3) is 0 Å². The van der Waals surface area contributed by atoms with Gasteiger partial charge < -0.3 is 15.2 Å². The second-order valence-electron chi connectivity index (χ2n) is 7.93. The Kier molecular flexibility index (Phi) is 3.87. The van der Waals surface area contributed by atoms with Crippen molar-refractivity contribution in [1.29, 1.82) is 0 Å². The van der Waals surface area contributed by atoms with Gasteiger partial charge in [-0.15, -0.1) is 0 Å². The number of likely N-dealkylation sites (tertiary alicyclic amines) is 1. The molecule has 4 heteroatoms. The molecule has 3 rings (SSSR count). The lowest BCUT2D eigenvalue weighted by Crippen LogP contribution is -2.56. The van der Waals surface area contributed by atoms with Crippen molar-refractivity contribution in [3.63, 3.8) is 0 Å². The number of nitrogens with zero attached hydrogens (tertiary/aromatic N) is 1. The third-order valence-corrected chi connectivity index (χ3v) is 5.60. The van der Waals surface area contributed by atoms with Crippen LogP contribution in [0, 0.1) is 11.3 Å². The second-order valence-corrected chi connectivity index (χ2v) is 7.93. The first-order valence-corrected chi connectivity index (χ1v) is 8.17. The highest BCUT2D eigenvalue weighted by molar-refractivity contribution is 4.98. The largest absolute Gasteiger partial charge is 0.347 e. The van der Waals surface area contributed by atoms with Crippen LogP contribution in [-0.4, -0.2) is 49.1 Å². The van der Waals surface area contributed by atoms with Crippen LogP contribution in [0.2, 0.25) is 0 Å². The number of ether oxygens (including phenoxy) is 2. The summed E-state index contributed by atoms with van der Waals surface area (Å²) in [5, 5.41) is 0. The van der Waals surface area contributed by atoms with Gasteiger partial charge in [0.2, 0.25) is 0 Å². The molecule has 3 atom stereocenters. The summed E-state index contributed by atoms with van der Waals surface area (Å²) in [6.07, 6.45) is 4.22. The van der Waals surface area contributed by atoms with Crippen LogP contribution in [-0.2, 0) is 9.47 Å². The lowest BCUT2D eigenvalue weighted by atomic mass is 9.80. The minimum absolute atomic E-state index is 0.271. The molecule has 1 saturated carbocycles. The molecule has 3 unspecified atom stereocenters. The number of hydrogen-bond acceptors (Lipinski definition) is 4. The Hall–Kier alpha value is -0.160. The zero-order valence-corrected chi connectivity index (χ0v) is 13.2. The fourth-order valence-electron chi connectivity index (χ4n) is 4.11. The third-order valence-electron chi connectivity index (χ3n) is 5.60. The molecule has 2 saturated heterocycles. The van der Waals surface area contributed by atoms with Gasteiger partial charge in [-0.3, -0.25) is 4.90 Å². The molecule has 3 aliphatic rings. The number of nitrogens with two attached hydrogens (primary N) is 1. The predicted octanol–water partition coefficient (Wildman–Crippen LogP) is 1.98. The van der Waals surface area contributed by atoms with E-state index in [-0.39, 0.29) is 11.8 Å². The highest BCUT2D eigenvalue weighted by Crippen LogP contribution is 2.40. The molecule has 4 nitrogen and oxygen atoms in total. The van der Waals surface area contributed by atoms with E-state index in [1.807, 2.05) is 0 Å². The van der Waals surface area contributed by atoms with Crippen LogP contribution < -0.4 is 5.73 Å². The predicted molar refractivity (Wildman–Crippen MR) is 79.4 cm³/mol. The molecule has 0 bridgehead atoms. The summed E-state index contributed by atoms with van der Waals surface area (Å²) in [4.78, 5) is 2.60. The Morgan fingerprint density at radius 2 is 1.85 bits per heavy atom. The van der Waals surface area contributed by atoms with Crippen molar-refractivity contribution < 1.29 is 9.47 Å². The summed E-state index contributed by atoms with van der Waals surface area (Å²) in [6, 6.07) is 0.696. The quantitative estimate of drug-likeness (QED) is 0.799. The Balaban J connectivity index is 1.66. The topological polar surface area (TPSA) is 47.7 Å². The Morgan fingerprint density at radius 1 is 1.15 bits per heavy atom. The summed E-state index contributed by atoms with van der Waals surface area (Å²) in [7, 11) is 0. The van der Waals surface area contributed by atoms with E-state index in [0.29, 0.717) is 11.5 Å². The van der Waals surface area contributed by atoms with Crippen LogP contribution in [0.5, 0.6) is 0 Å². The smallest absolute Gasteiger partial charge is 0.170 e. The summed E-state index contributed by atoms with van der Waals surface area (Å²) in [6.45, 7) is 10.9. The zero-order valence-electron chi connectivity index (χ0n) is 13.2. The van der Waals surface area contributed by atoms with Crippen molar-refractivity contribution in [2.24, 2.45) is 17.1 Å². The fraction of sp³-hybridized carbons (Fsp3) is 1.00. The monoisotopic (exact) mass is 282 g/mol. The van der Waals surface area contributed by atoms with Gasteiger partial charge in [0.15, 0.2) is 5.79 Å². The van der Waals surface area contributed by atoms with Gasteiger partial charge in [0.05, 0.1) is 13.2 Å². The average molecular weight is 282 g/mol. The standard InChI is InChI=1S/C16H30N2O2/c1-15(2,3)12-5-7-18(11-12)14-10-16(6-4-13(14)17)19-8-9-20-16/h12-14H,4-11,17H2,1-3H3. The zero-order chi connectivity index (χ0) is 14.4. The van der Waals surface area contributed by atoms with Crippen molar-refractivity contribution >= 4 is 0 Å². The van der Waals surface area contributed by atoms with E-state index in [0.717, 1.165) is 38.4 Å². The third kappa shape index (κ3) is 2.76. The molecule has 116 valence electrons. The van der Waals surface area contributed by atoms with Crippen LogP contribution in [0.4, 0.5) is 0 Å². The molecular formula is C16H30N2O2. The minimum Gasteiger partial charge on any atom is -0.347 e. The number of rotatable bonds is 1. The van der Waals surface area contributed by atoms with Crippen LogP contribution in [0.15, 0.2) is 0 Å². The number of hydrogen-bond donors (Lipinski definition) is 1.